The van der Waals surface area contributed by atoms with Crippen LogP contribution in [0.1, 0.15) is 19.4 Å². The Morgan fingerprint density at radius 2 is 1.95 bits per heavy atom. The third kappa shape index (κ3) is 8.30. The Hall–Kier alpha value is -1.61. The van der Waals surface area contributed by atoms with Crippen molar-refractivity contribution in [3.63, 3.8) is 0 Å². The van der Waals surface area contributed by atoms with Gasteiger partial charge in [0.25, 0.3) is 0 Å². The van der Waals surface area contributed by atoms with E-state index in [0.29, 0.717) is 36.9 Å². The van der Waals surface area contributed by atoms with Crippen molar-refractivity contribution >= 4 is 0 Å². The second kappa shape index (κ2) is 10.2. The van der Waals surface area contributed by atoms with Crippen molar-refractivity contribution in [2.24, 2.45) is 5.92 Å². The van der Waals surface area contributed by atoms with Gasteiger partial charge in [-0.2, -0.15) is 5.26 Å². The van der Waals surface area contributed by atoms with E-state index in [1.165, 1.54) is 0 Å². The van der Waals surface area contributed by atoms with Crippen molar-refractivity contribution in [2.45, 2.75) is 20.0 Å². The van der Waals surface area contributed by atoms with Gasteiger partial charge >= 0.3 is 0 Å². The second-order valence-electron chi connectivity index (χ2n) is 5.27. The summed E-state index contributed by atoms with van der Waals surface area (Å²) >= 11 is 0. The Morgan fingerprint density at radius 3 is 2.57 bits per heavy atom. The molecule has 0 aromatic heterocycles. The molecule has 1 rings (SSSR count). The quantitative estimate of drug-likeness (QED) is 0.640. The van der Waals surface area contributed by atoms with Crippen molar-refractivity contribution < 1.29 is 14.6 Å². The fraction of sp³-hybridized carbons (Fsp3) is 0.562. The predicted molar refractivity (Wildman–Crippen MR) is 81.2 cm³/mol. The normalized spacial score (nSPS) is 12.1. The van der Waals surface area contributed by atoms with Gasteiger partial charge in [-0.05, 0) is 30.2 Å². The standard InChI is InChI=1S/C16H24N2O3/c1-13(2)11-20-8-7-18-10-15(19)12-21-16-5-3-14(9-17)4-6-16/h3-6,13,15,18-19H,7-8,10-12H2,1-2H3. The molecule has 5 heteroatoms. The first-order valence-electron chi connectivity index (χ1n) is 7.21. The van der Waals surface area contributed by atoms with Gasteiger partial charge in [-0.25, -0.2) is 0 Å². The lowest BCUT2D eigenvalue weighted by atomic mass is 10.2. The number of benzene rings is 1. The molecule has 0 radical (unpaired) electrons. The zero-order valence-corrected chi connectivity index (χ0v) is 12.7. The maximum absolute atomic E-state index is 9.78. The summed E-state index contributed by atoms with van der Waals surface area (Å²) in [6.45, 7) is 7.00. The van der Waals surface area contributed by atoms with Gasteiger partial charge < -0.3 is 19.9 Å². The zero-order chi connectivity index (χ0) is 15.5. The molecule has 0 saturated carbocycles. The van der Waals surface area contributed by atoms with Crippen LogP contribution in [0, 0.1) is 17.2 Å². The van der Waals surface area contributed by atoms with Gasteiger partial charge in [-0.1, -0.05) is 13.8 Å². The summed E-state index contributed by atoms with van der Waals surface area (Å²) in [5, 5.41) is 21.6. The average molecular weight is 292 g/mol. The fourth-order valence-electron chi connectivity index (χ4n) is 1.61. The third-order valence-electron chi connectivity index (χ3n) is 2.68. The summed E-state index contributed by atoms with van der Waals surface area (Å²) in [7, 11) is 0. The van der Waals surface area contributed by atoms with Gasteiger partial charge in [0.05, 0.1) is 18.2 Å². The fourth-order valence-corrected chi connectivity index (χ4v) is 1.61. The molecule has 5 nitrogen and oxygen atoms in total. The van der Waals surface area contributed by atoms with Gasteiger partial charge in [0.1, 0.15) is 18.5 Å². The third-order valence-corrected chi connectivity index (χ3v) is 2.68. The SMILES string of the molecule is CC(C)COCCNCC(O)COc1ccc(C#N)cc1. The average Bonchev–Trinajstić information content (AvgIpc) is 2.49. The first-order valence-corrected chi connectivity index (χ1v) is 7.21. The maximum Gasteiger partial charge on any atom is 0.119 e. The molecule has 0 spiro atoms. The summed E-state index contributed by atoms with van der Waals surface area (Å²) in [6.07, 6.45) is -0.578. The van der Waals surface area contributed by atoms with Crippen molar-refractivity contribution in [3.8, 4) is 11.8 Å². The van der Waals surface area contributed by atoms with Crippen LogP contribution in [-0.4, -0.2) is 44.1 Å². The topological polar surface area (TPSA) is 74.5 Å². The van der Waals surface area contributed by atoms with Crippen LogP contribution in [-0.2, 0) is 4.74 Å². The number of nitriles is 1. The van der Waals surface area contributed by atoms with Crippen LogP contribution in [0.3, 0.4) is 0 Å². The van der Waals surface area contributed by atoms with Crippen molar-refractivity contribution in [1.29, 1.82) is 5.26 Å². The number of hydrogen-bond acceptors (Lipinski definition) is 5. The lowest BCUT2D eigenvalue weighted by Crippen LogP contribution is -2.33. The summed E-state index contributed by atoms with van der Waals surface area (Å²) in [4.78, 5) is 0. The van der Waals surface area contributed by atoms with E-state index < -0.39 is 6.10 Å². The van der Waals surface area contributed by atoms with Crippen LogP contribution in [0.5, 0.6) is 5.75 Å². The molecule has 0 aliphatic rings. The Kier molecular flexibility index (Phi) is 8.44. The second-order valence-corrected chi connectivity index (χ2v) is 5.27. The molecule has 0 amide bonds. The number of aliphatic hydroxyl groups is 1. The minimum atomic E-state index is -0.578. The molecule has 21 heavy (non-hydrogen) atoms. The summed E-state index contributed by atoms with van der Waals surface area (Å²) < 4.78 is 10.9. The lowest BCUT2D eigenvalue weighted by Gasteiger charge is -2.13. The number of hydrogen-bond donors (Lipinski definition) is 2. The monoisotopic (exact) mass is 292 g/mol. The Balaban J connectivity index is 2.08. The number of nitrogens with one attached hydrogen (secondary N) is 1. The number of ether oxygens (including phenoxy) is 2. The van der Waals surface area contributed by atoms with E-state index in [-0.39, 0.29) is 6.61 Å². The molecule has 2 N–H and O–H groups in total. The van der Waals surface area contributed by atoms with Crippen LogP contribution in [0.2, 0.25) is 0 Å². The number of nitrogens with zero attached hydrogens (tertiary/aromatic N) is 1. The highest BCUT2D eigenvalue weighted by Gasteiger charge is 2.05. The summed E-state index contributed by atoms with van der Waals surface area (Å²) in [6, 6.07) is 8.86. The number of rotatable bonds is 10. The van der Waals surface area contributed by atoms with Gasteiger partial charge in [0.15, 0.2) is 0 Å². The van der Waals surface area contributed by atoms with Gasteiger partial charge in [0, 0.05) is 19.7 Å². The van der Waals surface area contributed by atoms with Crippen molar-refractivity contribution in [2.75, 3.05) is 32.9 Å². The van der Waals surface area contributed by atoms with E-state index >= 15 is 0 Å². The lowest BCUT2D eigenvalue weighted by molar-refractivity contribution is 0.0925. The van der Waals surface area contributed by atoms with Crippen molar-refractivity contribution in [3.05, 3.63) is 29.8 Å². The Morgan fingerprint density at radius 1 is 1.24 bits per heavy atom. The van der Waals surface area contributed by atoms with Crippen LogP contribution in [0.25, 0.3) is 0 Å². The zero-order valence-electron chi connectivity index (χ0n) is 12.7. The molecule has 0 aliphatic heterocycles. The molecule has 116 valence electrons. The smallest absolute Gasteiger partial charge is 0.119 e. The van der Waals surface area contributed by atoms with E-state index in [9.17, 15) is 5.11 Å². The van der Waals surface area contributed by atoms with E-state index in [2.05, 4.69) is 19.2 Å². The molecular formula is C16H24N2O3. The minimum Gasteiger partial charge on any atom is -0.491 e. The van der Waals surface area contributed by atoms with Crippen molar-refractivity contribution in [1.82, 2.24) is 5.32 Å². The highest BCUT2D eigenvalue weighted by molar-refractivity contribution is 5.34. The highest BCUT2D eigenvalue weighted by Crippen LogP contribution is 2.11. The molecule has 0 saturated heterocycles. The van der Waals surface area contributed by atoms with Gasteiger partial charge in [0.2, 0.25) is 0 Å². The van der Waals surface area contributed by atoms with Crippen LogP contribution in [0.4, 0.5) is 0 Å². The van der Waals surface area contributed by atoms with Crippen LogP contribution < -0.4 is 10.1 Å². The molecule has 0 aliphatic carbocycles. The minimum absolute atomic E-state index is 0.214. The number of aliphatic hydroxyl groups excluding tert-OH is 1. The van der Waals surface area contributed by atoms with E-state index in [1.807, 2.05) is 6.07 Å². The molecule has 0 fully saturated rings. The first kappa shape index (κ1) is 17.4. The maximum atomic E-state index is 9.78. The summed E-state index contributed by atoms with van der Waals surface area (Å²) in [5.41, 5.74) is 0.589. The molecular weight excluding hydrogens is 268 g/mol. The van der Waals surface area contributed by atoms with Gasteiger partial charge in [-0.15, -0.1) is 0 Å². The largest absolute Gasteiger partial charge is 0.491 e. The first-order chi connectivity index (χ1) is 10.1. The molecule has 0 heterocycles. The molecule has 1 atom stereocenters. The molecule has 1 unspecified atom stereocenters. The molecule has 1 aromatic carbocycles. The Labute approximate surface area is 126 Å². The van der Waals surface area contributed by atoms with E-state index in [1.54, 1.807) is 24.3 Å². The van der Waals surface area contributed by atoms with Gasteiger partial charge in [-0.3, -0.25) is 0 Å². The molecule has 0 bridgehead atoms. The van der Waals surface area contributed by atoms with Crippen LogP contribution >= 0.6 is 0 Å². The highest BCUT2D eigenvalue weighted by atomic mass is 16.5. The summed E-state index contributed by atoms with van der Waals surface area (Å²) in [5.74, 6) is 1.18. The Bertz CT molecular complexity index is 426. The molecule has 1 aromatic rings. The van der Waals surface area contributed by atoms with Crippen LogP contribution in [0.15, 0.2) is 24.3 Å². The van der Waals surface area contributed by atoms with E-state index in [4.69, 9.17) is 14.7 Å². The predicted octanol–water partition coefficient (Wildman–Crippen LogP) is 1.56. The van der Waals surface area contributed by atoms with E-state index in [0.717, 1.165) is 6.61 Å².